The van der Waals surface area contributed by atoms with Crippen molar-refractivity contribution in [3.8, 4) is 0 Å². The molecule has 0 bridgehead atoms. The SMILES string of the molecule is Cc1ccc(N(c2ccc(C)cc2)c2ccc(N(c3ccc(C)cc3)c3ccc(/C=C/c4ccccc4)cc3)c3ccccc23)cc1. The molecular weight excluding hydrogens is 569 g/mol. The first-order valence-electron chi connectivity index (χ1n) is 16.2. The Labute approximate surface area is 278 Å². The molecule has 0 N–H and O–H groups in total. The lowest BCUT2D eigenvalue weighted by atomic mass is 10.0. The zero-order valence-electron chi connectivity index (χ0n) is 27.1. The fourth-order valence-electron chi connectivity index (χ4n) is 6.08. The lowest BCUT2D eigenvalue weighted by Gasteiger charge is -2.30. The first kappa shape index (κ1) is 29.8. The summed E-state index contributed by atoms with van der Waals surface area (Å²) in [6.07, 6.45) is 4.33. The molecule has 0 spiro atoms. The van der Waals surface area contributed by atoms with Gasteiger partial charge in [0.25, 0.3) is 0 Å². The minimum Gasteiger partial charge on any atom is -0.310 e. The Hall–Kier alpha value is -5.86. The number of nitrogens with zero attached hydrogens (tertiary/aromatic N) is 2. The second-order valence-corrected chi connectivity index (χ2v) is 12.2. The van der Waals surface area contributed by atoms with Crippen molar-refractivity contribution in [2.45, 2.75) is 20.8 Å². The largest absolute Gasteiger partial charge is 0.310 e. The van der Waals surface area contributed by atoms with Crippen LogP contribution in [0.15, 0.2) is 164 Å². The van der Waals surface area contributed by atoms with Crippen molar-refractivity contribution in [2.75, 3.05) is 9.80 Å². The van der Waals surface area contributed by atoms with Crippen LogP contribution in [-0.2, 0) is 0 Å². The molecule has 0 unspecified atom stereocenters. The highest BCUT2D eigenvalue weighted by Crippen LogP contribution is 2.45. The van der Waals surface area contributed by atoms with Gasteiger partial charge >= 0.3 is 0 Å². The summed E-state index contributed by atoms with van der Waals surface area (Å²) in [7, 11) is 0. The Morgan fingerprint density at radius 3 is 1.02 bits per heavy atom. The van der Waals surface area contributed by atoms with Crippen molar-refractivity contribution in [1.29, 1.82) is 0 Å². The van der Waals surface area contributed by atoms with Crippen LogP contribution in [0.1, 0.15) is 27.8 Å². The molecule has 0 aliphatic carbocycles. The molecule has 0 saturated heterocycles. The van der Waals surface area contributed by atoms with Gasteiger partial charge in [-0.3, -0.25) is 0 Å². The predicted molar refractivity (Wildman–Crippen MR) is 203 cm³/mol. The van der Waals surface area contributed by atoms with E-state index in [4.69, 9.17) is 0 Å². The summed E-state index contributed by atoms with van der Waals surface area (Å²) < 4.78 is 0. The maximum atomic E-state index is 2.37. The summed E-state index contributed by atoms with van der Waals surface area (Å²) in [5.41, 5.74) is 12.8. The molecule has 2 nitrogen and oxygen atoms in total. The average molecular weight is 607 g/mol. The lowest BCUT2D eigenvalue weighted by molar-refractivity contribution is 1.26. The third kappa shape index (κ3) is 6.45. The highest BCUT2D eigenvalue weighted by atomic mass is 15.2. The van der Waals surface area contributed by atoms with E-state index in [2.05, 4.69) is 200 Å². The van der Waals surface area contributed by atoms with Gasteiger partial charge in [0.1, 0.15) is 0 Å². The number of hydrogen-bond acceptors (Lipinski definition) is 2. The number of anilines is 6. The highest BCUT2D eigenvalue weighted by molar-refractivity contribution is 6.07. The molecule has 2 heteroatoms. The zero-order valence-corrected chi connectivity index (χ0v) is 27.1. The molecule has 0 aliphatic rings. The summed E-state index contributed by atoms with van der Waals surface area (Å²) >= 11 is 0. The van der Waals surface area contributed by atoms with Crippen LogP contribution in [0.4, 0.5) is 34.1 Å². The van der Waals surface area contributed by atoms with Crippen molar-refractivity contribution in [2.24, 2.45) is 0 Å². The van der Waals surface area contributed by atoms with Crippen molar-refractivity contribution in [3.63, 3.8) is 0 Å². The first-order chi connectivity index (χ1) is 23.0. The van der Waals surface area contributed by atoms with Crippen LogP contribution in [0, 0.1) is 20.8 Å². The van der Waals surface area contributed by atoms with Gasteiger partial charge in [-0.15, -0.1) is 0 Å². The third-order valence-corrected chi connectivity index (χ3v) is 8.66. The topological polar surface area (TPSA) is 6.48 Å². The standard InChI is InChI=1S/C45H38N2/c1-33-13-23-38(24-14-33)46(39-25-15-34(2)16-26-39)44-31-32-45(43-12-8-7-11-42(43)44)47(40-27-17-35(3)18-28-40)41-29-21-37(22-30-41)20-19-36-9-5-4-6-10-36/h4-32H,1-3H3/b20-19+. The fraction of sp³-hybridized carbons (Fsp3) is 0.0667. The summed E-state index contributed by atoms with van der Waals surface area (Å²) in [5, 5.41) is 2.37. The number of hydrogen-bond donors (Lipinski definition) is 0. The van der Waals surface area contributed by atoms with Crippen molar-refractivity contribution in [3.05, 3.63) is 192 Å². The van der Waals surface area contributed by atoms with Crippen molar-refractivity contribution >= 4 is 57.0 Å². The number of fused-ring (bicyclic) bond motifs is 1. The van der Waals surface area contributed by atoms with E-state index < -0.39 is 0 Å². The molecular formula is C45H38N2. The summed E-state index contributed by atoms with van der Waals surface area (Å²) in [6.45, 7) is 6.41. The van der Waals surface area contributed by atoms with Gasteiger partial charge in [0.05, 0.1) is 11.4 Å². The summed E-state index contributed by atoms with van der Waals surface area (Å²) in [6, 6.07) is 59.0. The van der Waals surface area contributed by atoms with Gasteiger partial charge in [0, 0.05) is 33.5 Å². The van der Waals surface area contributed by atoms with E-state index in [9.17, 15) is 0 Å². The number of rotatable bonds is 8. The van der Waals surface area contributed by atoms with Crippen LogP contribution < -0.4 is 9.80 Å². The summed E-state index contributed by atoms with van der Waals surface area (Å²) in [4.78, 5) is 4.74. The third-order valence-electron chi connectivity index (χ3n) is 8.66. The smallest absolute Gasteiger partial charge is 0.0541 e. The van der Waals surface area contributed by atoms with Gasteiger partial charge in [-0.25, -0.2) is 0 Å². The monoisotopic (exact) mass is 606 g/mol. The fourth-order valence-corrected chi connectivity index (χ4v) is 6.08. The maximum absolute atomic E-state index is 2.37. The van der Waals surface area contributed by atoms with Crippen molar-refractivity contribution in [1.82, 2.24) is 0 Å². The van der Waals surface area contributed by atoms with Crippen LogP contribution in [0.5, 0.6) is 0 Å². The Balaban J connectivity index is 1.36. The van der Waals surface area contributed by atoms with Crippen LogP contribution in [0.25, 0.3) is 22.9 Å². The molecule has 47 heavy (non-hydrogen) atoms. The minimum atomic E-state index is 1.11. The van der Waals surface area contributed by atoms with Gasteiger partial charge in [-0.05, 0) is 92.6 Å². The van der Waals surface area contributed by atoms with Crippen LogP contribution in [0.3, 0.4) is 0 Å². The lowest BCUT2D eigenvalue weighted by Crippen LogP contribution is -2.13. The molecule has 7 aromatic rings. The van der Waals surface area contributed by atoms with E-state index >= 15 is 0 Å². The molecule has 7 rings (SSSR count). The summed E-state index contributed by atoms with van der Waals surface area (Å²) in [5.74, 6) is 0. The van der Waals surface area contributed by atoms with Gasteiger partial charge in [-0.1, -0.05) is 132 Å². The minimum absolute atomic E-state index is 1.11. The molecule has 0 amide bonds. The number of aryl methyl sites for hydroxylation is 3. The van der Waals surface area contributed by atoms with Gasteiger partial charge in [0.15, 0.2) is 0 Å². The van der Waals surface area contributed by atoms with E-state index in [1.54, 1.807) is 0 Å². The average Bonchev–Trinajstić information content (AvgIpc) is 3.11. The molecule has 0 atom stereocenters. The molecule has 0 fully saturated rings. The predicted octanol–water partition coefficient (Wildman–Crippen LogP) is 12.9. The Bertz CT molecular complexity index is 2080. The first-order valence-corrected chi connectivity index (χ1v) is 16.2. The zero-order chi connectivity index (χ0) is 32.2. The quantitative estimate of drug-likeness (QED) is 0.159. The molecule has 0 aromatic heterocycles. The highest BCUT2D eigenvalue weighted by Gasteiger charge is 2.20. The van der Waals surface area contributed by atoms with Crippen LogP contribution in [-0.4, -0.2) is 0 Å². The number of benzene rings is 7. The van der Waals surface area contributed by atoms with Crippen LogP contribution in [0.2, 0.25) is 0 Å². The molecule has 0 saturated carbocycles. The normalized spacial score (nSPS) is 11.2. The molecule has 7 aromatic carbocycles. The second-order valence-electron chi connectivity index (χ2n) is 12.2. The maximum Gasteiger partial charge on any atom is 0.0541 e. The van der Waals surface area contributed by atoms with E-state index in [-0.39, 0.29) is 0 Å². The molecule has 228 valence electrons. The molecule has 0 aliphatic heterocycles. The van der Waals surface area contributed by atoms with Gasteiger partial charge in [-0.2, -0.15) is 0 Å². The van der Waals surface area contributed by atoms with E-state index in [1.807, 2.05) is 6.07 Å². The van der Waals surface area contributed by atoms with Crippen molar-refractivity contribution < 1.29 is 0 Å². The molecule has 0 heterocycles. The van der Waals surface area contributed by atoms with Gasteiger partial charge < -0.3 is 9.80 Å². The van der Waals surface area contributed by atoms with Crippen LogP contribution >= 0.6 is 0 Å². The molecule has 0 radical (unpaired) electrons. The Morgan fingerprint density at radius 2 is 0.638 bits per heavy atom. The van der Waals surface area contributed by atoms with E-state index in [1.165, 1.54) is 33.0 Å². The van der Waals surface area contributed by atoms with Gasteiger partial charge in [0.2, 0.25) is 0 Å². The second kappa shape index (κ2) is 13.2. The Morgan fingerprint density at radius 1 is 0.319 bits per heavy atom. The van der Waals surface area contributed by atoms with E-state index in [0.717, 1.165) is 39.7 Å². The van der Waals surface area contributed by atoms with E-state index in [0.29, 0.717) is 0 Å². The Kier molecular flexibility index (Phi) is 8.41.